The third-order valence-corrected chi connectivity index (χ3v) is 11.7. The number of fused-ring (bicyclic) bond motifs is 16. The molecule has 0 atom stereocenters. The molecule has 0 aliphatic heterocycles. The number of benzene rings is 8. The maximum Gasteiger partial charge on any atom is 0.143 e. The van der Waals surface area contributed by atoms with E-state index in [1.54, 1.807) is 0 Å². The van der Waals surface area contributed by atoms with E-state index < -0.39 is 5.41 Å². The summed E-state index contributed by atoms with van der Waals surface area (Å²) in [5.74, 6) is 0. The fourth-order valence-electron chi connectivity index (χ4n) is 9.57. The maximum absolute atomic E-state index is 6.48. The molecule has 2 aliphatic carbocycles. The van der Waals surface area contributed by atoms with Gasteiger partial charge in [0.05, 0.1) is 16.6 Å². The van der Waals surface area contributed by atoms with Crippen molar-refractivity contribution in [2.75, 3.05) is 0 Å². The van der Waals surface area contributed by atoms with Gasteiger partial charge in [-0.25, -0.2) is 4.98 Å². The van der Waals surface area contributed by atoms with E-state index in [0.717, 1.165) is 60.6 Å². The van der Waals surface area contributed by atoms with E-state index in [2.05, 4.69) is 164 Å². The summed E-state index contributed by atoms with van der Waals surface area (Å²) in [7, 11) is 0. The minimum absolute atomic E-state index is 0.400. The molecule has 10 aromatic rings. The van der Waals surface area contributed by atoms with Crippen molar-refractivity contribution in [3.8, 4) is 44.6 Å². The molecule has 2 heteroatoms. The highest BCUT2D eigenvalue weighted by Gasteiger charge is 2.51. The highest BCUT2D eigenvalue weighted by molar-refractivity contribution is 6.14. The Labute approximate surface area is 300 Å². The maximum atomic E-state index is 6.48. The number of pyridine rings is 1. The second kappa shape index (κ2) is 10.2. The van der Waals surface area contributed by atoms with Gasteiger partial charge in [-0.15, -0.1) is 0 Å². The molecule has 0 bridgehead atoms. The first-order valence-corrected chi connectivity index (χ1v) is 18.0. The molecule has 0 unspecified atom stereocenters. The van der Waals surface area contributed by atoms with Crippen molar-refractivity contribution >= 4 is 43.6 Å². The molecule has 0 fully saturated rings. The summed E-state index contributed by atoms with van der Waals surface area (Å²) < 4.78 is 6.48. The highest BCUT2D eigenvalue weighted by Crippen LogP contribution is 2.63. The lowest BCUT2D eigenvalue weighted by Crippen LogP contribution is -2.25. The van der Waals surface area contributed by atoms with Gasteiger partial charge in [-0.1, -0.05) is 146 Å². The van der Waals surface area contributed by atoms with Gasteiger partial charge in [0.15, 0.2) is 0 Å². The monoisotopic (exact) mass is 659 g/mol. The number of para-hydroxylation sites is 3. The van der Waals surface area contributed by atoms with Gasteiger partial charge in [0.1, 0.15) is 11.2 Å². The second-order valence-electron chi connectivity index (χ2n) is 14.2. The van der Waals surface area contributed by atoms with Crippen molar-refractivity contribution in [3.63, 3.8) is 0 Å². The Kier molecular flexibility index (Phi) is 5.46. The van der Waals surface area contributed by atoms with Crippen LogP contribution >= 0.6 is 0 Å². The fourth-order valence-corrected chi connectivity index (χ4v) is 9.57. The zero-order valence-electron chi connectivity index (χ0n) is 28.1. The van der Waals surface area contributed by atoms with Crippen LogP contribution < -0.4 is 0 Å². The average molecular weight is 660 g/mol. The van der Waals surface area contributed by atoms with Gasteiger partial charge < -0.3 is 4.42 Å². The largest absolute Gasteiger partial charge is 0.455 e. The molecule has 1 spiro atoms. The standard InChI is InChI=1S/C50H29NO/c1-6-22-42-33(15-1)34-16-2-7-23-43(34)50(42)44-24-8-3-17-35(44)40-28-41-39(29-45(40)50)36-18-4-9-25-46(36)51-48(41)31-14-11-13-30(27-31)32-20-12-21-38-37-19-5-10-26-47(37)52-49(32)38/h1-29H. The number of hydrogen-bond acceptors (Lipinski definition) is 2. The fraction of sp³-hybridized carbons (Fsp3) is 0.0200. The van der Waals surface area contributed by atoms with Crippen LogP contribution in [0.15, 0.2) is 180 Å². The summed E-state index contributed by atoms with van der Waals surface area (Å²) in [6, 6.07) is 64.1. The summed E-state index contributed by atoms with van der Waals surface area (Å²) in [5, 5.41) is 5.81. The summed E-state index contributed by atoms with van der Waals surface area (Å²) >= 11 is 0. The lowest BCUT2D eigenvalue weighted by atomic mass is 9.70. The van der Waals surface area contributed by atoms with Crippen molar-refractivity contribution in [2.45, 2.75) is 5.41 Å². The lowest BCUT2D eigenvalue weighted by Gasteiger charge is -2.30. The minimum Gasteiger partial charge on any atom is -0.455 e. The summed E-state index contributed by atoms with van der Waals surface area (Å²) in [6.07, 6.45) is 0. The first-order valence-electron chi connectivity index (χ1n) is 18.0. The Balaban J connectivity index is 1.15. The molecule has 0 saturated carbocycles. The molecule has 0 saturated heterocycles. The van der Waals surface area contributed by atoms with Gasteiger partial charge in [-0.2, -0.15) is 0 Å². The van der Waals surface area contributed by atoms with E-state index in [9.17, 15) is 0 Å². The Hall–Kier alpha value is -6.77. The van der Waals surface area contributed by atoms with Crippen LogP contribution in [0.1, 0.15) is 22.3 Å². The van der Waals surface area contributed by atoms with Crippen LogP contribution in [0.25, 0.3) is 88.3 Å². The smallest absolute Gasteiger partial charge is 0.143 e. The van der Waals surface area contributed by atoms with Crippen LogP contribution in [0, 0.1) is 0 Å². The minimum atomic E-state index is -0.400. The van der Waals surface area contributed by atoms with Gasteiger partial charge >= 0.3 is 0 Å². The van der Waals surface area contributed by atoms with Gasteiger partial charge in [-0.3, -0.25) is 0 Å². The van der Waals surface area contributed by atoms with Gasteiger partial charge in [0, 0.05) is 32.7 Å². The Morgan fingerprint density at radius 1 is 0.365 bits per heavy atom. The van der Waals surface area contributed by atoms with Crippen LogP contribution in [-0.4, -0.2) is 4.98 Å². The van der Waals surface area contributed by atoms with E-state index in [-0.39, 0.29) is 0 Å². The number of aromatic nitrogens is 1. The molecule has 52 heavy (non-hydrogen) atoms. The van der Waals surface area contributed by atoms with Gasteiger partial charge in [0.2, 0.25) is 0 Å². The molecular formula is C50H29NO. The van der Waals surface area contributed by atoms with Crippen molar-refractivity contribution in [1.29, 1.82) is 0 Å². The molecule has 240 valence electrons. The van der Waals surface area contributed by atoms with Crippen LogP contribution in [0.2, 0.25) is 0 Å². The summed E-state index contributed by atoms with van der Waals surface area (Å²) in [5.41, 5.74) is 17.3. The molecule has 8 aromatic carbocycles. The van der Waals surface area contributed by atoms with Crippen LogP contribution in [0.4, 0.5) is 0 Å². The average Bonchev–Trinajstić information content (AvgIpc) is 3.84. The number of furan rings is 1. The number of hydrogen-bond donors (Lipinski definition) is 0. The van der Waals surface area contributed by atoms with Crippen molar-refractivity contribution in [1.82, 2.24) is 4.98 Å². The van der Waals surface area contributed by atoms with E-state index in [1.807, 2.05) is 12.1 Å². The second-order valence-corrected chi connectivity index (χ2v) is 14.2. The van der Waals surface area contributed by atoms with E-state index in [4.69, 9.17) is 9.40 Å². The SMILES string of the molecule is c1cc(-c2nc3ccccc3c3cc4c(cc23)-c2ccccc2C42c3ccccc3-c3ccccc32)cc(-c2cccc3c2oc2ccccc23)c1. The highest BCUT2D eigenvalue weighted by atomic mass is 16.3. The Morgan fingerprint density at radius 3 is 1.71 bits per heavy atom. The van der Waals surface area contributed by atoms with E-state index >= 15 is 0 Å². The van der Waals surface area contributed by atoms with E-state index in [1.165, 1.54) is 49.9 Å². The third-order valence-electron chi connectivity index (χ3n) is 11.7. The van der Waals surface area contributed by atoms with Crippen LogP contribution in [-0.2, 0) is 5.41 Å². The topological polar surface area (TPSA) is 26.0 Å². The molecule has 2 nitrogen and oxygen atoms in total. The molecule has 0 radical (unpaired) electrons. The first-order chi connectivity index (χ1) is 25.8. The third kappa shape index (κ3) is 3.51. The Morgan fingerprint density at radius 2 is 0.942 bits per heavy atom. The molecule has 2 heterocycles. The molecule has 2 aliphatic rings. The molecule has 2 aromatic heterocycles. The summed E-state index contributed by atoms with van der Waals surface area (Å²) in [4.78, 5) is 5.42. The van der Waals surface area contributed by atoms with Crippen LogP contribution in [0.3, 0.4) is 0 Å². The van der Waals surface area contributed by atoms with Crippen LogP contribution in [0.5, 0.6) is 0 Å². The molecule has 12 rings (SSSR count). The zero-order chi connectivity index (χ0) is 34.0. The normalized spacial score (nSPS) is 13.5. The number of nitrogens with zero attached hydrogens (tertiary/aromatic N) is 1. The van der Waals surface area contributed by atoms with E-state index in [0.29, 0.717) is 0 Å². The van der Waals surface area contributed by atoms with Gasteiger partial charge in [-0.05, 0) is 85.8 Å². The van der Waals surface area contributed by atoms with Crippen molar-refractivity contribution < 1.29 is 4.42 Å². The van der Waals surface area contributed by atoms with Crippen molar-refractivity contribution in [2.24, 2.45) is 0 Å². The van der Waals surface area contributed by atoms with Gasteiger partial charge in [0.25, 0.3) is 0 Å². The zero-order valence-corrected chi connectivity index (χ0v) is 28.1. The van der Waals surface area contributed by atoms with Crippen molar-refractivity contribution in [3.05, 3.63) is 198 Å². The predicted molar refractivity (Wildman–Crippen MR) is 214 cm³/mol. The molecule has 0 amide bonds. The first kappa shape index (κ1) is 28.0. The quantitative estimate of drug-likeness (QED) is 0.173. The molecular weight excluding hydrogens is 631 g/mol. The predicted octanol–water partition coefficient (Wildman–Crippen LogP) is 13.0. The number of rotatable bonds is 2. The lowest BCUT2D eigenvalue weighted by molar-refractivity contribution is 0.670. The molecule has 0 N–H and O–H groups in total. The summed E-state index contributed by atoms with van der Waals surface area (Å²) in [6.45, 7) is 0. The Bertz CT molecular complexity index is 3100.